The van der Waals surface area contributed by atoms with Gasteiger partial charge in [0, 0.05) is 7.05 Å². The topological polar surface area (TPSA) is 75.3 Å². The van der Waals surface area contributed by atoms with Crippen molar-refractivity contribution in [2.75, 3.05) is 11.8 Å². The van der Waals surface area contributed by atoms with Crippen molar-refractivity contribution >= 4 is 21.6 Å². The summed E-state index contributed by atoms with van der Waals surface area (Å²) in [5.41, 5.74) is 5.02. The van der Waals surface area contributed by atoms with E-state index in [4.69, 9.17) is 0 Å². The van der Waals surface area contributed by atoms with E-state index >= 15 is 0 Å². The minimum atomic E-state index is -3.83. The number of amides is 1. The van der Waals surface area contributed by atoms with E-state index in [2.05, 4.69) is 10.0 Å². The molecule has 0 fully saturated rings. The number of carbonyl (C=O) groups is 1. The smallest absolute Gasteiger partial charge is 0.262 e. The van der Waals surface area contributed by atoms with E-state index in [-0.39, 0.29) is 22.1 Å². The van der Waals surface area contributed by atoms with Crippen LogP contribution in [0.1, 0.15) is 38.2 Å². The number of nitrogens with one attached hydrogen (secondary N) is 2. The van der Waals surface area contributed by atoms with Crippen LogP contribution in [0.3, 0.4) is 0 Å². The largest absolute Gasteiger partial charge is 0.355 e. The maximum atomic E-state index is 13.1. The van der Waals surface area contributed by atoms with E-state index in [0.717, 1.165) is 27.8 Å². The number of sulfonamides is 1. The van der Waals surface area contributed by atoms with Crippen LogP contribution < -0.4 is 10.0 Å². The molecule has 0 aromatic heterocycles. The summed E-state index contributed by atoms with van der Waals surface area (Å²) in [5.74, 6) is -0.344. The maximum absolute atomic E-state index is 13.1. The van der Waals surface area contributed by atoms with Crippen LogP contribution in [0.4, 0.5) is 5.69 Å². The number of para-hydroxylation sites is 1. The third-order valence-corrected chi connectivity index (χ3v) is 6.48. The van der Waals surface area contributed by atoms with Crippen molar-refractivity contribution < 1.29 is 13.2 Å². The first-order valence-electron chi connectivity index (χ1n) is 8.02. The molecule has 134 valence electrons. The molecule has 25 heavy (non-hydrogen) atoms. The first kappa shape index (κ1) is 19.0. The fourth-order valence-electron chi connectivity index (χ4n) is 2.97. The molecule has 0 heterocycles. The lowest BCUT2D eigenvalue weighted by atomic mass is 9.95. The van der Waals surface area contributed by atoms with Gasteiger partial charge in [0.25, 0.3) is 15.9 Å². The monoisotopic (exact) mass is 360 g/mol. The second-order valence-electron chi connectivity index (χ2n) is 6.18. The van der Waals surface area contributed by atoms with Gasteiger partial charge in [0.1, 0.15) is 0 Å². The Hall–Kier alpha value is -2.34. The Morgan fingerprint density at radius 1 is 0.840 bits per heavy atom. The molecule has 0 atom stereocenters. The van der Waals surface area contributed by atoms with Gasteiger partial charge in [-0.05, 0) is 74.6 Å². The van der Waals surface area contributed by atoms with Crippen LogP contribution in [0.25, 0.3) is 0 Å². The Morgan fingerprint density at radius 2 is 1.32 bits per heavy atom. The Morgan fingerprint density at radius 3 is 1.84 bits per heavy atom. The molecule has 0 unspecified atom stereocenters. The Kier molecular flexibility index (Phi) is 5.23. The average Bonchev–Trinajstić information content (AvgIpc) is 2.57. The molecule has 0 radical (unpaired) electrons. The fourth-order valence-corrected chi connectivity index (χ4v) is 4.65. The molecule has 2 N–H and O–H groups in total. The van der Waals surface area contributed by atoms with Crippen molar-refractivity contribution in [3.8, 4) is 0 Å². The number of hydrogen-bond donors (Lipinski definition) is 2. The van der Waals surface area contributed by atoms with Gasteiger partial charge < -0.3 is 5.32 Å². The highest BCUT2D eigenvalue weighted by molar-refractivity contribution is 7.92. The summed E-state index contributed by atoms with van der Waals surface area (Å²) in [6.07, 6.45) is 0. The van der Waals surface area contributed by atoms with Crippen LogP contribution in [0.5, 0.6) is 0 Å². The van der Waals surface area contributed by atoms with E-state index in [1.807, 2.05) is 34.6 Å². The normalized spacial score (nSPS) is 11.3. The van der Waals surface area contributed by atoms with Crippen LogP contribution in [0.15, 0.2) is 29.2 Å². The van der Waals surface area contributed by atoms with Crippen molar-refractivity contribution in [2.45, 2.75) is 39.5 Å². The standard InChI is InChI=1S/C19H24N2O3S/c1-11-12(2)14(4)18(15(5)13(11)3)25(23,24)21-17-10-8-7-9-16(17)19(22)20-6/h7-10,21H,1-6H3,(H,20,22). The number of benzene rings is 2. The molecular formula is C19H24N2O3S. The quantitative estimate of drug-likeness (QED) is 0.877. The molecule has 0 saturated carbocycles. The van der Waals surface area contributed by atoms with Gasteiger partial charge in [-0.15, -0.1) is 0 Å². The lowest BCUT2D eigenvalue weighted by Gasteiger charge is -2.20. The summed E-state index contributed by atoms with van der Waals surface area (Å²) in [6, 6.07) is 6.55. The van der Waals surface area contributed by atoms with Gasteiger partial charge in [0.05, 0.1) is 16.1 Å². The van der Waals surface area contributed by atoms with Crippen LogP contribution >= 0.6 is 0 Å². The van der Waals surface area contributed by atoms with Crippen molar-refractivity contribution in [3.05, 3.63) is 57.6 Å². The second-order valence-corrected chi connectivity index (χ2v) is 7.80. The van der Waals surface area contributed by atoms with Crippen LogP contribution in [0, 0.1) is 34.6 Å². The lowest BCUT2D eigenvalue weighted by Crippen LogP contribution is -2.22. The number of rotatable bonds is 4. The van der Waals surface area contributed by atoms with Gasteiger partial charge in [0.15, 0.2) is 0 Å². The van der Waals surface area contributed by atoms with Crippen molar-refractivity contribution in [2.24, 2.45) is 0 Å². The van der Waals surface area contributed by atoms with Gasteiger partial charge in [-0.25, -0.2) is 8.42 Å². The first-order valence-corrected chi connectivity index (χ1v) is 9.51. The highest BCUT2D eigenvalue weighted by atomic mass is 32.2. The summed E-state index contributed by atoms with van der Waals surface area (Å²) >= 11 is 0. The summed E-state index contributed by atoms with van der Waals surface area (Å²) in [5, 5.41) is 2.52. The predicted molar refractivity (Wildman–Crippen MR) is 101 cm³/mol. The van der Waals surface area contributed by atoms with E-state index in [1.165, 1.54) is 7.05 Å². The number of hydrogen-bond acceptors (Lipinski definition) is 3. The SMILES string of the molecule is CNC(=O)c1ccccc1NS(=O)(=O)c1c(C)c(C)c(C)c(C)c1C. The first-order chi connectivity index (χ1) is 11.6. The molecule has 6 heteroatoms. The summed E-state index contributed by atoms with van der Waals surface area (Å²) < 4.78 is 28.7. The van der Waals surface area contributed by atoms with Gasteiger partial charge in [-0.2, -0.15) is 0 Å². The Labute approximate surface area is 149 Å². The van der Waals surface area contributed by atoms with Crippen molar-refractivity contribution in [1.29, 1.82) is 0 Å². The highest BCUT2D eigenvalue weighted by Crippen LogP contribution is 2.31. The van der Waals surface area contributed by atoms with Gasteiger partial charge >= 0.3 is 0 Å². The molecule has 0 aliphatic carbocycles. The molecule has 0 bridgehead atoms. The van der Waals surface area contributed by atoms with Crippen molar-refractivity contribution in [1.82, 2.24) is 5.32 Å². The van der Waals surface area contributed by atoms with Crippen LogP contribution in [0.2, 0.25) is 0 Å². The van der Waals surface area contributed by atoms with Gasteiger partial charge in [0.2, 0.25) is 0 Å². The average molecular weight is 360 g/mol. The van der Waals surface area contributed by atoms with Gasteiger partial charge in [-0.1, -0.05) is 12.1 Å². The van der Waals surface area contributed by atoms with Crippen LogP contribution in [-0.4, -0.2) is 21.4 Å². The minimum absolute atomic E-state index is 0.261. The van der Waals surface area contributed by atoms with E-state index < -0.39 is 10.0 Å². The third kappa shape index (κ3) is 3.39. The maximum Gasteiger partial charge on any atom is 0.262 e. The number of carbonyl (C=O) groups excluding carboxylic acids is 1. The molecule has 5 nitrogen and oxygen atoms in total. The number of anilines is 1. The summed E-state index contributed by atoms with van der Waals surface area (Å²) in [4.78, 5) is 12.3. The Balaban J connectivity index is 2.62. The van der Waals surface area contributed by atoms with Crippen molar-refractivity contribution in [3.63, 3.8) is 0 Å². The van der Waals surface area contributed by atoms with E-state index in [9.17, 15) is 13.2 Å². The summed E-state index contributed by atoms with van der Waals surface area (Å²) in [7, 11) is -2.32. The molecule has 2 aromatic rings. The molecular weight excluding hydrogens is 336 g/mol. The molecule has 2 aromatic carbocycles. The minimum Gasteiger partial charge on any atom is -0.355 e. The zero-order chi connectivity index (χ0) is 18.9. The zero-order valence-electron chi connectivity index (χ0n) is 15.4. The zero-order valence-corrected chi connectivity index (χ0v) is 16.3. The molecule has 2 rings (SSSR count). The molecule has 0 spiro atoms. The molecule has 0 aliphatic rings. The molecule has 0 aliphatic heterocycles. The predicted octanol–water partition coefficient (Wildman–Crippen LogP) is 3.39. The lowest BCUT2D eigenvalue weighted by molar-refractivity contribution is 0.0964. The van der Waals surface area contributed by atoms with E-state index in [1.54, 1.807) is 24.3 Å². The van der Waals surface area contributed by atoms with Gasteiger partial charge in [-0.3, -0.25) is 9.52 Å². The van der Waals surface area contributed by atoms with Crippen LogP contribution in [-0.2, 0) is 10.0 Å². The summed E-state index contributed by atoms with van der Waals surface area (Å²) in [6.45, 7) is 9.47. The highest BCUT2D eigenvalue weighted by Gasteiger charge is 2.25. The second kappa shape index (κ2) is 6.88. The Bertz CT molecular complexity index is 918. The third-order valence-electron chi connectivity index (χ3n) is 4.84. The fraction of sp³-hybridized carbons (Fsp3) is 0.316. The molecule has 0 saturated heterocycles. The molecule has 1 amide bonds. The van der Waals surface area contributed by atoms with E-state index in [0.29, 0.717) is 0 Å².